The van der Waals surface area contributed by atoms with Crippen molar-refractivity contribution in [2.45, 2.75) is 24.6 Å². The molecule has 1 unspecified atom stereocenters. The summed E-state index contributed by atoms with van der Waals surface area (Å²) in [5.41, 5.74) is 0. The van der Waals surface area contributed by atoms with Crippen LogP contribution in [0.3, 0.4) is 0 Å². The minimum Gasteiger partial charge on any atom is -0.302 e. The lowest BCUT2D eigenvalue weighted by molar-refractivity contribution is 0.511. The van der Waals surface area contributed by atoms with Gasteiger partial charge in [-0.2, -0.15) is 0 Å². The Morgan fingerprint density at radius 3 is 3.08 bits per heavy atom. The SMILES string of the molecule is C=C/C=C/CCC1(C)NCCS1. The maximum atomic E-state index is 3.64. The Balaban J connectivity index is 2.21. The second kappa shape index (κ2) is 4.73. The Kier molecular flexibility index (Phi) is 3.89. The fraction of sp³-hybridized carbons (Fsp3) is 0.600. The van der Waals surface area contributed by atoms with Crippen LogP contribution in [-0.2, 0) is 0 Å². The molecule has 1 N–H and O–H groups in total. The Morgan fingerprint density at radius 2 is 2.50 bits per heavy atom. The predicted octanol–water partition coefficient (Wildman–Crippen LogP) is 2.56. The summed E-state index contributed by atoms with van der Waals surface area (Å²) >= 11 is 2.03. The first-order valence-electron chi connectivity index (χ1n) is 4.43. The maximum Gasteiger partial charge on any atom is 0.0620 e. The summed E-state index contributed by atoms with van der Waals surface area (Å²) in [5.74, 6) is 1.25. The molecule has 12 heavy (non-hydrogen) atoms. The smallest absolute Gasteiger partial charge is 0.0620 e. The van der Waals surface area contributed by atoms with E-state index >= 15 is 0 Å². The highest BCUT2D eigenvalue weighted by Gasteiger charge is 2.27. The normalized spacial score (nSPS) is 29.8. The number of nitrogens with one attached hydrogen (secondary N) is 1. The molecule has 68 valence electrons. The summed E-state index contributed by atoms with van der Waals surface area (Å²) in [6, 6.07) is 0. The van der Waals surface area contributed by atoms with Gasteiger partial charge in [-0.3, -0.25) is 0 Å². The van der Waals surface area contributed by atoms with Crippen LogP contribution in [-0.4, -0.2) is 17.2 Å². The van der Waals surface area contributed by atoms with Gasteiger partial charge in [0.2, 0.25) is 0 Å². The molecule has 1 fully saturated rings. The average molecular weight is 183 g/mol. The van der Waals surface area contributed by atoms with Crippen LogP contribution in [0.25, 0.3) is 0 Å². The number of hydrogen-bond acceptors (Lipinski definition) is 2. The number of allylic oxidation sites excluding steroid dienone is 3. The van der Waals surface area contributed by atoms with E-state index in [-0.39, 0.29) is 0 Å². The quantitative estimate of drug-likeness (QED) is 0.672. The highest BCUT2D eigenvalue weighted by atomic mass is 32.2. The molecule has 0 amide bonds. The molecule has 0 bridgehead atoms. The molecule has 1 aliphatic heterocycles. The number of hydrogen-bond donors (Lipinski definition) is 1. The van der Waals surface area contributed by atoms with Crippen molar-refractivity contribution in [3.8, 4) is 0 Å². The first-order valence-corrected chi connectivity index (χ1v) is 5.42. The lowest BCUT2D eigenvalue weighted by Gasteiger charge is -2.22. The van der Waals surface area contributed by atoms with Crippen LogP contribution in [0.5, 0.6) is 0 Å². The van der Waals surface area contributed by atoms with Gasteiger partial charge in [0.1, 0.15) is 0 Å². The molecule has 1 atom stereocenters. The molecule has 0 spiro atoms. The zero-order valence-electron chi connectivity index (χ0n) is 7.68. The molecule has 1 saturated heterocycles. The summed E-state index contributed by atoms with van der Waals surface area (Å²) in [6.45, 7) is 7.08. The van der Waals surface area contributed by atoms with E-state index in [2.05, 4.69) is 24.9 Å². The van der Waals surface area contributed by atoms with Crippen LogP contribution in [0.2, 0.25) is 0 Å². The van der Waals surface area contributed by atoms with Gasteiger partial charge in [0.25, 0.3) is 0 Å². The van der Waals surface area contributed by atoms with Crippen LogP contribution in [0, 0.1) is 0 Å². The first-order chi connectivity index (χ1) is 5.77. The van der Waals surface area contributed by atoms with Gasteiger partial charge in [-0.1, -0.05) is 24.8 Å². The van der Waals surface area contributed by atoms with Crippen molar-refractivity contribution in [2.24, 2.45) is 0 Å². The maximum absolute atomic E-state index is 3.64. The van der Waals surface area contributed by atoms with Crippen molar-refractivity contribution in [1.82, 2.24) is 5.32 Å². The van der Waals surface area contributed by atoms with Crippen molar-refractivity contribution in [3.63, 3.8) is 0 Å². The second-order valence-electron chi connectivity index (χ2n) is 3.21. The average Bonchev–Trinajstić information content (AvgIpc) is 2.47. The molecule has 0 aromatic rings. The summed E-state index contributed by atoms with van der Waals surface area (Å²) in [7, 11) is 0. The molecule has 1 rings (SSSR count). The molecule has 0 aromatic carbocycles. The molecule has 2 heteroatoms. The van der Waals surface area contributed by atoms with Crippen molar-refractivity contribution in [2.75, 3.05) is 12.3 Å². The fourth-order valence-electron chi connectivity index (χ4n) is 1.35. The van der Waals surface area contributed by atoms with Crippen LogP contribution in [0.1, 0.15) is 19.8 Å². The van der Waals surface area contributed by atoms with Crippen molar-refractivity contribution < 1.29 is 0 Å². The molecular formula is C10H17NS. The van der Waals surface area contributed by atoms with Gasteiger partial charge < -0.3 is 5.32 Å². The standard InChI is InChI=1S/C10H17NS/c1-3-4-5-6-7-10(2)11-8-9-12-10/h3-5,11H,1,6-9H2,2H3/b5-4+. The van der Waals surface area contributed by atoms with Gasteiger partial charge in [0, 0.05) is 12.3 Å². The third-order valence-corrected chi connectivity index (χ3v) is 3.48. The van der Waals surface area contributed by atoms with E-state index in [1.807, 2.05) is 23.9 Å². The van der Waals surface area contributed by atoms with Crippen LogP contribution < -0.4 is 5.32 Å². The van der Waals surface area contributed by atoms with Crippen LogP contribution in [0.15, 0.2) is 24.8 Å². The van der Waals surface area contributed by atoms with E-state index in [1.165, 1.54) is 12.2 Å². The van der Waals surface area contributed by atoms with Crippen molar-refractivity contribution in [3.05, 3.63) is 24.8 Å². The van der Waals surface area contributed by atoms with E-state index in [0.717, 1.165) is 13.0 Å². The van der Waals surface area contributed by atoms with Gasteiger partial charge >= 0.3 is 0 Å². The zero-order chi connectivity index (χ0) is 8.86. The fourth-order valence-corrected chi connectivity index (χ4v) is 2.48. The Morgan fingerprint density at radius 1 is 1.67 bits per heavy atom. The van der Waals surface area contributed by atoms with E-state index in [4.69, 9.17) is 0 Å². The topological polar surface area (TPSA) is 12.0 Å². The third kappa shape index (κ3) is 3.03. The summed E-state index contributed by atoms with van der Waals surface area (Å²) in [5, 5.41) is 3.51. The second-order valence-corrected chi connectivity index (χ2v) is 4.81. The van der Waals surface area contributed by atoms with Gasteiger partial charge in [0.15, 0.2) is 0 Å². The summed E-state index contributed by atoms with van der Waals surface area (Å²) < 4.78 is 0. The van der Waals surface area contributed by atoms with E-state index in [9.17, 15) is 0 Å². The molecule has 1 nitrogen and oxygen atoms in total. The molecule has 1 heterocycles. The molecule has 0 radical (unpaired) electrons. The van der Waals surface area contributed by atoms with Crippen LogP contribution in [0.4, 0.5) is 0 Å². The predicted molar refractivity (Wildman–Crippen MR) is 57.4 cm³/mol. The number of thioether (sulfide) groups is 1. The monoisotopic (exact) mass is 183 g/mol. The summed E-state index contributed by atoms with van der Waals surface area (Å²) in [4.78, 5) is 0.325. The molecular weight excluding hydrogens is 166 g/mol. The van der Waals surface area contributed by atoms with Gasteiger partial charge in [-0.05, 0) is 19.8 Å². The molecule has 0 aliphatic carbocycles. The zero-order valence-corrected chi connectivity index (χ0v) is 8.49. The highest BCUT2D eigenvalue weighted by Crippen LogP contribution is 2.30. The Bertz CT molecular complexity index is 169. The lowest BCUT2D eigenvalue weighted by Crippen LogP contribution is -2.33. The minimum atomic E-state index is 0.325. The number of rotatable bonds is 4. The minimum absolute atomic E-state index is 0.325. The Hall–Kier alpha value is -0.210. The summed E-state index contributed by atoms with van der Waals surface area (Å²) in [6.07, 6.45) is 8.38. The highest BCUT2D eigenvalue weighted by molar-refractivity contribution is 8.00. The van der Waals surface area contributed by atoms with Gasteiger partial charge in [-0.25, -0.2) is 0 Å². The largest absolute Gasteiger partial charge is 0.302 e. The van der Waals surface area contributed by atoms with Crippen molar-refractivity contribution in [1.29, 1.82) is 0 Å². The van der Waals surface area contributed by atoms with E-state index in [1.54, 1.807) is 0 Å². The van der Waals surface area contributed by atoms with Gasteiger partial charge in [-0.15, -0.1) is 11.8 Å². The third-order valence-electron chi connectivity index (χ3n) is 2.08. The molecule has 1 aliphatic rings. The lowest BCUT2D eigenvalue weighted by atomic mass is 10.1. The van der Waals surface area contributed by atoms with Crippen LogP contribution >= 0.6 is 11.8 Å². The molecule has 0 aromatic heterocycles. The first kappa shape index (κ1) is 9.87. The van der Waals surface area contributed by atoms with E-state index < -0.39 is 0 Å². The molecule has 0 saturated carbocycles. The Labute approximate surface area is 79.3 Å². The van der Waals surface area contributed by atoms with Gasteiger partial charge in [0.05, 0.1) is 4.87 Å². The van der Waals surface area contributed by atoms with E-state index in [0.29, 0.717) is 4.87 Å². The van der Waals surface area contributed by atoms with Crippen molar-refractivity contribution >= 4 is 11.8 Å².